The molecule has 0 aromatic heterocycles. The van der Waals surface area contributed by atoms with Crippen LogP contribution >= 0.6 is 36.7 Å². The van der Waals surface area contributed by atoms with E-state index in [1.165, 1.54) is 15.9 Å². The number of carbonyl (C=O) groups is 3. The van der Waals surface area contributed by atoms with Gasteiger partial charge in [-0.2, -0.15) is 0 Å². The van der Waals surface area contributed by atoms with Crippen molar-refractivity contribution >= 4 is 70.8 Å². The average molecular weight is 765 g/mol. The predicted molar refractivity (Wildman–Crippen MR) is 148 cm³/mol. The van der Waals surface area contributed by atoms with Gasteiger partial charge in [0.1, 0.15) is 0 Å². The van der Waals surface area contributed by atoms with Gasteiger partial charge in [0.05, 0.1) is 13.2 Å². The van der Waals surface area contributed by atoms with E-state index < -0.39 is 39.6 Å². The van der Waals surface area contributed by atoms with E-state index in [2.05, 4.69) is 100 Å². The second-order valence-electron chi connectivity index (χ2n) is 6.50. The Bertz CT molecular complexity index is 949. The zero-order valence-electron chi connectivity index (χ0n) is 20.0. The first-order valence-electron chi connectivity index (χ1n) is 10.8. The molecule has 0 aliphatic rings. The van der Waals surface area contributed by atoms with Crippen molar-refractivity contribution in [2.75, 3.05) is 13.2 Å². The predicted octanol–water partition coefficient (Wildman–Crippen LogP) is 6.11. The number of nitrogens with one attached hydrogen (secondary N) is 2. The summed E-state index contributed by atoms with van der Waals surface area (Å²) in [6, 6.07) is 31.3. The number of hydrogen-bond donors (Lipinski definition) is 2. The van der Waals surface area contributed by atoms with Crippen molar-refractivity contribution in [3.63, 3.8) is 0 Å². The van der Waals surface area contributed by atoms with E-state index in [0.717, 1.165) is 0 Å². The van der Waals surface area contributed by atoms with Crippen LogP contribution in [-0.4, -0.2) is 31.4 Å². The Morgan fingerprint density at radius 2 is 0.919 bits per heavy atom. The Balaban J connectivity index is 0.000000337. The molecule has 2 N–H and O–H groups in total. The quantitative estimate of drug-likeness (QED) is 0.306. The fourth-order valence-electron chi connectivity index (χ4n) is 2.73. The largest absolute Gasteiger partial charge is 0.0622 e. The Labute approximate surface area is 235 Å². The van der Waals surface area contributed by atoms with Crippen molar-refractivity contribution in [1.29, 1.82) is 0 Å². The topological polar surface area (TPSA) is 93.7 Å². The summed E-state index contributed by atoms with van der Waals surface area (Å²) in [5.74, 6) is 0. The molecule has 0 aliphatic carbocycles. The number of rotatable bonds is 5. The number of ether oxygens (including phenoxy) is 2. The minimum absolute atomic E-state index is 0.137. The van der Waals surface area contributed by atoms with Crippen molar-refractivity contribution in [1.82, 2.24) is 10.6 Å². The van der Waals surface area contributed by atoms with Gasteiger partial charge in [-0.3, -0.25) is 0 Å². The third-order valence-electron chi connectivity index (χ3n) is 4.03. The molecule has 0 spiro atoms. The first-order chi connectivity index (χ1) is 17.8. The number of imide groups is 2. The van der Waals surface area contributed by atoms with Gasteiger partial charge in [-0.25, -0.2) is 25.0 Å². The van der Waals surface area contributed by atoms with E-state index in [1.54, 1.807) is 24.5 Å². The van der Waals surface area contributed by atoms with Crippen LogP contribution in [0, 0.1) is 0 Å². The molecule has 0 fully saturated rings. The van der Waals surface area contributed by atoms with Crippen molar-refractivity contribution in [3.05, 3.63) is 91.0 Å². The second-order valence-corrected chi connectivity index (χ2v) is 19.1. The van der Waals surface area contributed by atoms with Gasteiger partial charge in [-0.1, -0.05) is 91.0 Å². The zero-order chi connectivity index (χ0) is 27.5. The molecule has 3 aromatic rings. The van der Waals surface area contributed by atoms with Gasteiger partial charge < -0.3 is 9.47 Å². The molecule has 202 valence electrons. The van der Waals surface area contributed by atoms with Gasteiger partial charge in [0.15, 0.2) is 0 Å². The van der Waals surface area contributed by atoms with E-state index in [4.69, 9.17) is 28.8 Å². The smallest absolute Gasteiger partial charge is 0.0134 e. The third-order valence-corrected chi connectivity index (χ3v) is 6.47. The summed E-state index contributed by atoms with van der Waals surface area (Å²) in [7, 11) is 14.5. The summed E-state index contributed by atoms with van der Waals surface area (Å²) < 4.78 is 8.78. The molecule has 12 heteroatoms. The maximum atomic E-state index is 10.8. The van der Waals surface area contributed by atoms with E-state index in [9.17, 15) is 14.4 Å². The van der Waals surface area contributed by atoms with Crippen molar-refractivity contribution < 1.29 is 37.3 Å². The number of alkyl carbamates (subject to hydrolysis) is 2. The maximum Gasteiger partial charge on any atom is -0.0134 e. The van der Waals surface area contributed by atoms with Crippen LogP contribution in [0.4, 0.5) is 14.4 Å². The summed E-state index contributed by atoms with van der Waals surface area (Å²) in [6.07, 6.45) is -1.84. The fourth-order valence-corrected chi connectivity index (χ4v) is 5.03. The van der Waals surface area contributed by atoms with Crippen molar-refractivity contribution in [2.45, 2.75) is 13.8 Å². The van der Waals surface area contributed by atoms with Crippen molar-refractivity contribution in [3.8, 4) is 0 Å². The Morgan fingerprint density at radius 1 is 0.649 bits per heavy atom. The minimum Gasteiger partial charge on any atom is -0.0622 e. The van der Waals surface area contributed by atoms with Gasteiger partial charge in [-0.05, 0) is 37.7 Å². The van der Waals surface area contributed by atoms with E-state index >= 15 is 0 Å². The van der Waals surface area contributed by atoms with Gasteiger partial charge in [0.25, 0.3) is 0 Å². The Hall–Kier alpha value is -2.18. The first-order valence-corrected chi connectivity index (χ1v) is 21.0. The fraction of sp³-hybridized carbons (Fsp3) is 0.160. The summed E-state index contributed by atoms with van der Waals surface area (Å²) in [5.41, 5.74) is 0. The average Bonchev–Trinajstić information content (AvgIpc) is 2.86. The van der Waals surface area contributed by atoms with E-state index in [0.29, 0.717) is 0 Å². The molecule has 0 aliphatic heterocycles. The first kappa shape index (κ1) is 32.8. The molecule has 0 bridgehead atoms. The van der Waals surface area contributed by atoms with Gasteiger partial charge in [0.2, 0.25) is 0 Å². The number of urea groups is 1. The van der Waals surface area contributed by atoms with Crippen LogP contribution in [0.1, 0.15) is 13.8 Å². The molecule has 3 rings (SSSR count). The number of benzene rings is 3. The van der Waals surface area contributed by atoms with E-state index in [1.807, 2.05) is 0 Å². The Kier molecular flexibility index (Phi) is 17.6. The molecular formula is C25H27Cl3IrN2O5P. The molecule has 0 heterocycles. The molecule has 3 aromatic carbocycles. The zero-order valence-corrected chi connectivity index (χ0v) is 25.6. The van der Waals surface area contributed by atoms with Crippen LogP contribution < -0.4 is 26.5 Å². The van der Waals surface area contributed by atoms with Crippen LogP contribution in [0.2, 0.25) is 0 Å². The van der Waals surface area contributed by atoms with Crippen LogP contribution in [0.5, 0.6) is 0 Å². The number of amides is 4. The molecule has 7 nitrogen and oxygen atoms in total. The van der Waals surface area contributed by atoms with Crippen LogP contribution in [-0.2, 0) is 22.9 Å². The third kappa shape index (κ3) is 15.0. The van der Waals surface area contributed by atoms with Gasteiger partial charge in [-0.15, -0.1) is 0 Å². The monoisotopic (exact) mass is 764 g/mol. The van der Waals surface area contributed by atoms with Crippen LogP contribution in [0.15, 0.2) is 91.0 Å². The molecule has 0 saturated carbocycles. The van der Waals surface area contributed by atoms with Crippen LogP contribution in [0.3, 0.4) is 0 Å². The SMILES string of the molecule is CCOC(=O)NC(=O)NC(=O)OCC.[Cl][Ir]([Cl])[Cl].c1ccc(P(c2ccccc2)c2ccccc2)cc1. The summed E-state index contributed by atoms with van der Waals surface area (Å²) in [4.78, 5) is 32.1. The summed E-state index contributed by atoms with van der Waals surface area (Å²) >= 11 is -1.92. The molecule has 4 amide bonds. The van der Waals surface area contributed by atoms with Crippen molar-refractivity contribution in [2.24, 2.45) is 0 Å². The second kappa shape index (κ2) is 19.9. The summed E-state index contributed by atoms with van der Waals surface area (Å²) in [5, 5.41) is 7.71. The molecule has 0 radical (unpaired) electrons. The van der Waals surface area contributed by atoms with Gasteiger partial charge >= 0.3 is 60.4 Å². The maximum absolute atomic E-state index is 10.8. The normalized spacial score (nSPS) is 9.95. The van der Waals surface area contributed by atoms with E-state index in [-0.39, 0.29) is 13.2 Å². The standard InChI is InChI=1S/C18H15P.C7H12N2O5.3ClH.Ir/c1-4-10-16(11-5-1)19(17-12-6-2-7-13-17)18-14-8-3-9-15-18;1-3-13-6(11)8-5(10)9-7(12)14-4-2;;;;/h1-15H;3-4H2,1-2H3,(H2,8,9,10,11,12);3*1H;/q;;;;;+3/p-3. The molecular weight excluding hydrogens is 738 g/mol. The number of hydrogen-bond acceptors (Lipinski definition) is 5. The molecule has 0 atom stereocenters. The minimum atomic E-state index is -1.92. The number of halogens is 3. The summed E-state index contributed by atoms with van der Waals surface area (Å²) in [6.45, 7) is 3.45. The number of carbonyl (C=O) groups excluding carboxylic acids is 3. The van der Waals surface area contributed by atoms with Crippen LogP contribution in [0.25, 0.3) is 0 Å². The van der Waals surface area contributed by atoms with Gasteiger partial charge in [0, 0.05) is 0 Å². The molecule has 0 saturated heterocycles. The molecule has 0 unspecified atom stereocenters. The Morgan fingerprint density at radius 3 is 1.16 bits per heavy atom. The molecule has 37 heavy (non-hydrogen) atoms.